The molecule has 0 radical (unpaired) electrons. The highest BCUT2D eigenvalue weighted by molar-refractivity contribution is 6.32. The van der Waals surface area contributed by atoms with Gasteiger partial charge < -0.3 is 14.8 Å². The van der Waals surface area contributed by atoms with Gasteiger partial charge in [0.25, 0.3) is 5.56 Å². The molecule has 0 aliphatic rings. The third kappa shape index (κ3) is 4.49. The second kappa shape index (κ2) is 8.14. The first kappa shape index (κ1) is 15.9. The minimum atomic E-state index is -0.283. The van der Waals surface area contributed by atoms with Crippen molar-refractivity contribution in [3.63, 3.8) is 0 Å². The number of aromatic nitrogens is 2. The first-order valence-corrected chi connectivity index (χ1v) is 6.53. The number of anilines is 1. The first-order chi connectivity index (χ1) is 9.13. The molecule has 7 heteroatoms. The van der Waals surface area contributed by atoms with Crippen molar-refractivity contribution < 1.29 is 9.47 Å². The Labute approximate surface area is 117 Å². The van der Waals surface area contributed by atoms with E-state index in [1.165, 1.54) is 4.68 Å². The minimum Gasteiger partial charge on any atom is -0.382 e. The smallest absolute Gasteiger partial charge is 0.287 e. The van der Waals surface area contributed by atoms with Crippen molar-refractivity contribution in [1.82, 2.24) is 9.78 Å². The van der Waals surface area contributed by atoms with Crippen LogP contribution in [0.25, 0.3) is 0 Å². The van der Waals surface area contributed by atoms with Gasteiger partial charge >= 0.3 is 0 Å². The number of nitrogens with one attached hydrogen (secondary N) is 1. The molecule has 1 atom stereocenters. The number of nitrogens with zero attached hydrogens (tertiary/aromatic N) is 2. The van der Waals surface area contributed by atoms with Crippen LogP contribution in [0.3, 0.4) is 0 Å². The van der Waals surface area contributed by atoms with Crippen molar-refractivity contribution in [3.05, 3.63) is 21.6 Å². The Balaban J connectivity index is 2.74. The molecule has 0 aromatic carbocycles. The van der Waals surface area contributed by atoms with E-state index in [9.17, 15) is 4.79 Å². The Kier molecular flexibility index (Phi) is 6.83. The first-order valence-electron chi connectivity index (χ1n) is 6.15. The van der Waals surface area contributed by atoms with E-state index in [-0.39, 0.29) is 16.7 Å². The molecule has 1 N–H and O–H groups in total. The van der Waals surface area contributed by atoms with Crippen LogP contribution < -0.4 is 10.9 Å². The maximum absolute atomic E-state index is 11.9. The van der Waals surface area contributed by atoms with E-state index in [2.05, 4.69) is 10.4 Å². The molecule has 0 saturated carbocycles. The van der Waals surface area contributed by atoms with E-state index in [0.717, 1.165) is 6.42 Å². The monoisotopic (exact) mass is 289 g/mol. The zero-order valence-corrected chi connectivity index (χ0v) is 12.2. The Hall–Kier alpha value is -1.11. The number of hydrogen-bond acceptors (Lipinski definition) is 5. The van der Waals surface area contributed by atoms with Crippen LogP contribution in [0.1, 0.15) is 13.3 Å². The Bertz CT molecular complexity index is 450. The SMILES string of the molecule is CCCn1ncc(NCC(COC)OC)c(Cl)c1=O. The van der Waals surface area contributed by atoms with E-state index < -0.39 is 0 Å². The van der Waals surface area contributed by atoms with Crippen molar-refractivity contribution in [2.75, 3.05) is 32.7 Å². The predicted octanol–water partition coefficient (Wildman–Crippen LogP) is 1.38. The van der Waals surface area contributed by atoms with E-state index >= 15 is 0 Å². The molecule has 0 saturated heterocycles. The maximum atomic E-state index is 11.9. The van der Waals surface area contributed by atoms with E-state index in [4.69, 9.17) is 21.1 Å². The summed E-state index contributed by atoms with van der Waals surface area (Å²) in [6, 6.07) is 0. The number of aryl methyl sites for hydroxylation is 1. The third-order valence-electron chi connectivity index (χ3n) is 2.63. The second-order valence-electron chi connectivity index (χ2n) is 4.09. The lowest BCUT2D eigenvalue weighted by Crippen LogP contribution is -2.29. The van der Waals surface area contributed by atoms with E-state index in [0.29, 0.717) is 25.4 Å². The van der Waals surface area contributed by atoms with Crippen LogP contribution in [0.15, 0.2) is 11.0 Å². The summed E-state index contributed by atoms with van der Waals surface area (Å²) in [4.78, 5) is 11.9. The molecule has 0 amide bonds. The molecule has 0 bridgehead atoms. The lowest BCUT2D eigenvalue weighted by Gasteiger charge is -2.16. The number of methoxy groups -OCH3 is 2. The largest absolute Gasteiger partial charge is 0.382 e. The molecule has 1 unspecified atom stereocenters. The quantitative estimate of drug-likeness (QED) is 0.783. The van der Waals surface area contributed by atoms with Crippen LogP contribution in [-0.2, 0) is 16.0 Å². The second-order valence-corrected chi connectivity index (χ2v) is 4.47. The molecule has 1 rings (SSSR count). The standard InChI is InChI=1S/C12H20ClN3O3/c1-4-5-16-12(17)11(13)10(7-15-16)14-6-9(19-3)8-18-2/h7,9,14H,4-6,8H2,1-3H3. The van der Waals surface area contributed by atoms with Gasteiger partial charge in [-0.25, -0.2) is 4.68 Å². The molecule has 1 heterocycles. The molecule has 19 heavy (non-hydrogen) atoms. The predicted molar refractivity (Wildman–Crippen MR) is 75.0 cm³/mol. The highest BCUT2D eigenvalue weighted by Gasteiger charge is 2.11. The molecule has 0 fully saturated rings. The van der Waals surface area contributed by atoms with Crippen LogP contribution >= 0.6 is 11.6 Å². The summed E-state index contributed by atoms with van der Waals surface area (Å²) in [5, 5.41) is 7.26. The van der Waals surface area contributed by atoms with Gasteiger partial charge in [0.1, 0.15) is 5.02 Å². The molecular formula is C12H20ClN3O3. The summed E-state index contributed by atoms with van der Waals surface area (Å²) in [5.41, 5.74) is 0.228. The van der Waals surface area contributed by atoms with E-state index in [1.807, 2.05) is 6.92 Å². The molecule has 108 valence electrons. The van der Waals surface area contributed by atoms with Gasteiger partial charge in [-0.05, 0) is 6.42 Å². The van der Waals surface area contributed by atoms with Gasteiger partial charge in [-0.1, -0.05) is 18.5 Å². The highest BCUT2D eigenvalue weighted by atomic mass is 35.5. The molecule has 0 spiro atoms. The van der Waals surface area contributed by atoms with Crippen molar-refractivity contribution >= 4 is 17.3 Å². The normalized spacial score (nSPS) is 12.4. The van der Waals surface area contributed by atoms with Crippen molar-refractivity contribution in [2.24, 2.45) is 0 Å². The van der Waals surface area contributed by atoms with Gasteiger partial charge in [0.05, 0.1) is 24.6 Å². The zero-order chi connectivity index (χ0) is 14.3. The van der Waals surface area contributed by atoms with Gasteiger partial charge in [-0.3, -0.25) is 4.79 Å². The minimum absolute atomic E-state index is 0.112. The number of halogens is 1. The summed E-state index contributed by atoms with van der Waals surface area (Å²) in [6.07, 6.45) is 2.27. The fraction of sp³-hybridized carbons (Fsp3) is 0.667. The lowest BCUT2D eigenvalue weighted by atomic mass is 10.3. The maximum Gasteiger partial charge on any atom is 0.287 e. The van der Waals surface area contributed by atoms with Crippen LogP contribution in [0.4, 0.5) is 5.69 Å². The molecule has 0 aliphatic carbocycles. The van der Waals surface area contributed by atoms with Crippen LogP contribution in [0, 0.1) is 0 Å². The topological polar surface area (TPSA) is 65.4 Å². The summed E-state index contributed by atoms with van der Waals surface area (Å²) >= 11 is 6.03. The molecule has 1 aromatic heterocycles. The fourth-order valence-corrected chi connectivity index (χ4v) is 1.79. The number of rotatable bonds is 8. The van der Waals surface area contributed by atoms with Gasteiger partial charge in [0.2, 0.25) is 0 Å². The fourth-order valence-electron chi connectivity index (χ4n) is 1.58. The number of hydrogen-bond donors (Lipinski definition) is 1. The highest BCUT2D eigenvalue weighted by Crippen LogP contribution is 2.15. The average Bonchev–Trinajstić information content (AvgIpc) is 2.42. The van der Waals surface area contributed by atoms with Gasteiger partial charge in [-0.15, -0.1) is 0 Å². The van der Waals surface area contributed by atoms with E-state index in [1.54, 1.807) is 20.4 Å². The number of ether oxygens (including phenoxy) is 2. The molecule has 0 aliphatic heterocycles. The van der Waals surface area contributed by atoms with Crippen LogP contribution in [0.2, 0.25) is 5.02 Å². The van der Waals surface area contributed by atoms with Crippen LogP contribution in [0.5, 0.6) is 0 Å². The summed E-state index contributed by atoms with van der Waals surface area (Å²) in [7, 11) is 3.21. The zero-order valence-electron chi connectivity index (χ0n) is 11.5. The average molecular weight is 290 g/mol. The third-order valence-corrected chi connectivity index (χ3v) is 2.99. The van der Waals surface area contributed by atoms with Crippen molar-refractivity contribution in [2.45, 2.75) is 26.0 Å². The van der Waals surface area contributed by atoms with Crippen LogP contribution in [-0.4, -0.2) is 43.3 Å². The Morgan fingerprint density at radius 3 is 2.84 bits per heavy atom. The Morgan fingerprint density at radius 1 is 1.53 bits per heavy atom. The molecule has 6 nitrogen and oxygen atoms in total. The summed E-state index contributed by atoms with van der Waals surface area (Å²) in [6.45, 7) is 3.48. The molecule has 1 aromatic rings. The van der Waals surface area contributed by atoms with Gasteiger partial charge in [0.15, 0.2) is 0 Å². The van der Waals surface area contributed by atoms with Crippen molar-refractivity contribution in [1.29, 1.82) is 0 Å². The van der Waals surface area contributed by atoms with Gasteiger partial charge in [-0.2, -0.15) is 5.10 Å². The van der Waals surface area contributed by atoms with Gasteiger partial charge in [0, 0.05) is 27.3 Å². The molecular weight excluding hydrogens is 270 g/mol. The Morgan fingerprint density at radius 2 is 2.26 bits per heavy atom. The lowest BCUT2D eigenvalue weighted by molar-refractivity contribution is 0.0365. The summed E-state index contributed by atoms with van der Waals surface area (Å²) < 4.78 is 11.6. The summed E-state index contributed by atoms with van der Waals surface area (Å²) in [5.74, 6) is 0. The van der Waals surface area contributed by atoms with Crippen molar-refractivity contribution in [3.8, 4) is 0 Å².